The number of fused-ring (bicyclic) bond motifs is 1. The minimum atomic E-state index is -0.449. The van der Waals surface area contributed by atoms with Gasteiger partial charge in [-0.2, -0.15) is 0 Å². The van der Waals surface area contributed by atoms with E-state index in [1.165, 1.54) is 12.4 Å². The highest BCUT2D eigenvalue weighted by Gasteiger charge is 2.39. The molecule has 0 radical (unpaired) electrons. The summed E-state index contributed by atoms with van der Waals surface area (Å²) in [6, 6.07) is 6.64. The fourth-order valence-electron chi connectivity index (χ4n) is 1.80. The summed E-state index contributed by atoms with van der Waals surface area (Å²) in [6.07, 6.45) is 3.01. The van der Waals surface area contributed by atoms with Crippen LogP contribution in [-0.4, -0.2) is 21.8 Å². The molecule has 88 valence electrons. The average molecular weight is 304 g/mol. The number of amides is 2. The first kappa shape index (κ1) is 11.0. The second-order valence-electron chi connectivity index (χ2n) is 3.65. The van der Waals surface area contributed by atoms with E-state index < -0.39 is 11.8 Å². The second kappa shape index (κ2) is 3.99. The summed E-state index contributed by atoms with van der Waals surface area (Å²) >= 11 is 3.28. The van der Waals surface area contributed by atoms with E-state index in [9.17, 15) is 9.59 Å². The number of rotatable bonds is 1. The molecule has 0 fully saturated rings. The molecule has 2 amide bonds. The monoisotopic (exact) mass is 303 g/mol. The van der Waals surface area contributed by atoms with Gasteiger partial charge in [0.2, 0.25) is 0 Å². The molecular weight excluding hydrogens is 298 g/mol. The Bertz CT molecular complexity index is 637. The van der Waals surface area contributed by atoms with E-state index in [4.69, 9.17) is 0 Å². The Morgan fingerprint density at radius 2 is 1.72 bits per heavy atom. The molecule has 0 aliphatic carbocycles. The summed E-state index contributed by atoms with van der Waals surface area (Å²) in [5, 5.41) is 0. The zero-order valence-corrected chi connectivity index (χ0v) is 10.6. The van der Waals surface area contributed by atoms with Crippen LogP contribution in [0.4, 0.5) is 5.82 Å². The Morgan fingerprint density at radius 3 is 2.44 bits per heavy atom. The van der Waals surface area contributed by atoms with E-state index >= 15 is 0 Å². The number of pyridine rings is 2. The maximum Gasteiger partial charge on any atom is 0.286 e. The molecule has 3 heterocycles. The summed E-state index contributed by atoms with van der Waals surface area (Å²) in [5.41, 5.74) is 0.472. The minimum Gasteiger partial charge on any atom is -0.268 e. The molecule has 0 bridgehead atoms. The van der Waals surface area contributed by atoms with Gasteiger partial charge in [-0.25, -0.2) is 9.88 Å². The van der Waals surface area contributed by atoms with Gasteiger partial charge in [-0.05, 0) is 40.2 Å². The van der Waals surface area contributed by atoms with E-state index in [-0.39, 0.29) is 11.5 Å². The molecule has 0 aromatic carbocycles. The Morgan fingerprint density at radius 1 is 1.00 bits per heavy atom. The first-order valence-electron chi connectivity index (χ1n) is 5.14. The van der Waals surface area contributed by atoms with Crippen molar-refractivity contribution in [1.82, 2.24) is 9.97 Å². The smallest absolute Gasteiger partial charge is 0.268 e. The Kier molecular flexibility index (Phi) is 2.45. The second-order valence-corrected chi connectivity index (χ2v) is 4.51. The van der Waals surface area contributed by atoms with E-state index in [1.807, 2.05) is 0 Å². The molecule has 1 aliphatic rings. The molecule has 2 aromatic rings. The van der Waals surface area contributed by atoms with Crippen molar-refractivity contribution in [3.8, 4) is 0 Å². The molecule has 2 aromatic heterocycles. The van der Waals surface area contributed by atoms with Gasteiger partial charge >= 0.3 is 0 Å². The lowest BCUT2D eigenvalue weighted by Crippen LogP contribution is -2.30. The highest BCUT2D eigenvalue weighted by atomic mass is 79.9. The molecule has 18 heavy (non-hydrogen) atoms. The quantitative estimate of drug-likeness (QED) is 0.756. The lowest BCUT2D eigenvalue weighted by atomic mass is 10.2. The van der Waals surface area contributed by atoms with Crippen LogP contribution >= 0.6 is 15.9 Å². The van der Waals surface area contributed by atoms with Crippen LogP contribution in [0.25, 0.3) is 0 Å². The van der Waals surface area contributed by atoms with Crippen LogP contribution in [0.3, 0.4) is 0 Å². The number of hydrogen-bond acceptors (Lipinski definition) is 4. The normalized spacial score (nSPS) is 13.9. The fraction of sp³-hybridized carbons (Fsp3) is 0. The Labute approximate surface area is 111 Å². The predicted molar refractivity (Wildman–Crippen MR) is 67.3 cm³/mol. The predicted octanol–water partition coefficient (Wildman–Crippen LogP) is 2.04. The number of anilines is 1. The van der Waals surface area contributed by atoms with Crippen LogP contribution in [-0.2, 0) is 0 Å². The maximum atomic E-state index is 12.2. The molecule has 0 N–H and O–H groups in total. The van der Waals surface area contributed by atoms with Gasteiger partial charge in [0.05, 0.1) is 10.0 Å². The zero-order valence-electron chi connectivity index (χ0n) is 9.00. The van der Waals surface area contributed by atoms with Crippen LogP contribution in [0.5, 0.6) is 0 Å². The highest BCUT2D eigenvalue weighted by molar-refractivity contribution is 9.10. The average Bonchev–Trinajstić information content (AvgIpc) is 2.64. The molecule has 0 spiro atoms. The largest absolute Gasteiger partial charge is 0.286 e. The van der Waals surface area contributed by atoms with Crippen molar-refractivity contribution >= 4 is 33.6 Å². The summed E-state index contributed by atoms with van der Waals surface area (Å²) in [5.74, 6) is -0.567. The maximum absolute atomic E-state index is 12.2. The van der Waals surface area contributed by atoms with Gasteiger partial charge in [-0.1, -0.05) is 0 Å². The van der Waals surface area contributed by atoms with Crippen molar-refractivity contribution in [1.29, 1.82) is 0 Å². The van der Waals surface area contributed by atoms with Crippen LogP contribution in [0.1, 0.15) is 20.8 Å². The van der Waals surface area contributed by atoms with Crippen molar-refractivity contribution in [3.05, 3.63) is 52.4 Å². The lowest BCUT2D eigenvalue weighted by Gasteiger charge is -2.13. The summed E-state index contributed by atoms with van der Waals surface area (Å²) in [7, 11) is 0. The van der Waals surface area contributed by atoms with E-state index in [0.29, 0.717) is 10.0 Å². The first-order chi connectivity index (χ1) is 8.70. The number of carbonyl (C=O) groups is 2. The number of hydrogen-bond donors (Lipinski definition) is 0. The fourth-order valence-corrected chi connectivity index (χ4v) is 2.23. The minimum absolute atomic E-state index is 0.167. The third-order valence-corrected chi connectivity index (χ3v) is 3.22. The molecule has 6 heteroatoms. The third-order valence-electron chi connectivity index (χ3n) is 2.60. The van der Waals surface area contributed by atoms with E-state index in [0.717, 1.165) is 4.90 Å². The van der Waals surface area contributed by atoms with Gasteiger partial charge < -0.3 is 0 Å². The first-order valence-corrected chi connectivity index (χ1v) is 5.94. The van der Waals surface area contributed by atoms with Crippen LogP contribution in [0.2, 0.25) is 0 Å². The number of halogens is 1. The molecule has 3 rings (SSSR count). The SMILES string of the molecule is O=C1c2cccnc2C(=O)N1c1ncccc1Br. The topological polar surface area (TPSA) is 63.2 Å². The number of imide groups is 1. The zero-order chi connectivity index (χ0) is 12.7. The lowest BCUT2D eigenvalue weighted by molar-refractivity contribution is 0.0923. The van der Waals surface area contributed by atoms with Crippen molar-refractivity contribution in [2.24, 2.45) is 0 Å². The van der Waals surface area contributed by atoms with E-state index in [2.05, 4.69) is 25.9 Å². The van der Waals surface area contributed by atoms with Crippen molar-refractivity contribution in [2.75, 3.05) is 4.90 Å². The molecular formula is C12H6BrN3O2. The molecule has 1 aliphatic heterocycles. The molecule has 0 atom stereocenters. The molecule has 0 saturated carbocycles. The highest BCUT2D eigenvalue weighted by Crippen LogP contribution is 2.30. The van der Waals surface area contributed by atoms with Gasteiger partial charge in [0.15, 0.2) is 5.82 Å². The standard InChI is InChI=1S/C12H6BrN3O2/c13-8-4-2-6-15-10(8)16-11(17)7-3-1-5-14-9(7)12(16)18/h1-6H. The molecule has 0 unspecified atom stereocenters. The van der Waals surface area contributed by atoms with Crippen LogP contribution in [0, 0.1) is 0 Å². The third kappa shape index (κ3) is 1.46. The van der Waals surface area contributed by atoms with Gasteiger partial charge in [0.25, 0.3) is 11.8 Å². The van der Waals surface area contributed by atoms with Gasteiger partial charge in [0, 0.05) is 12.4 Å². The number of carbonyl (C=O) groups excluding carboxylic acids is 2. The van der Waals surface area contributed by atoms with Gasteiger partial charge in [0.1, 0.15) is 5.69 Å². The van der Waals surface area contributed by atoms with Gasteiger partial charge in [-0.15, -0.1) is 0 Å². The Balaban J connectivity index is 2.16. The summed E-state index contributed by atoms with van der Waals surface area (Å²) in [6.45, 7) is 0. The summed E-state index contributed by atoms with van der Waals surface area (Å²) in [4.78, 5) is 33.3. The summed E-state index contributed by atoms with van der Waals surface area (Å²) < 4.78 is 0.583. The van der Waals surface area contributed by atoms with E-state index in [1.54, 1.807) is 24.3 Å². The van der Waals surface area contributed by atoms with Gasteiger partial charge in [-0.3, -0.25) is 14.6 Å². The van der Waals surface area contributed by atoms with Crippen molar-refractivity contribution < 1.29 is 9.59 Å². The Hall–Kier alpha value is -2.08. The van der Waals surface area contributed by atoms with Crippen molar-refractivity contribution in [3.63, 3.8) is 0 Å². The van der Waals surface area contributed by atoms with Crippen LogP contribution < -0.4 is 4.90 Å². The molecule has 5 nitrogen and oxygen atoms in total. The van der Waals surface area contributed by atoms with Crippen LogP contribution in [0.15, 0.2) is 41.1 Å². The molecule has 0 saturated heterocycles. The number of nitrogens with zero attached hydrogens (tertiary/aromatic N) is 3. The number of aromatic nitrogens is 2. The van der Waals surface area contributed by atoms with Crippen molar-refractivity contribution in [2.45, 2.75) is 0 Å².